The van der Waals surface area contributed by atoms with Gasteiger partial charge < -0.3 is 0 Å². The molecule has 0 saturated carbocycles. The van der Waals surface area contributed by atoms with Gasteiger partial charge in [0.1, 0.15) is 0 Å². The first-order chi connectivity index (χ1) is 64.5. The van der Waals surface area contributed by atoms with Crippen LogP contribution in [0.15, 0.2) is 461 Å². The van der Waals surface area contributed by atoms with Crippen LogP contribution in [0.3, 0.4) is 0 Å². The summed E-state index contributed by atoms with van der Waals surface area (Å²) in [4.78, 5) is 35.8. The lowest BCUT2D eigenvalue weighted by Crippen LogP contribution is -2.06. The highest BCUT2D eigenvalue weighted by Gasteiger charge is 2.26. The van der Waals surface area contributed by atoms with E-state index in [1.165, 1.54) is 102 Å². The van der Waals surface area contributed by atoms with Gasteiger partial charge in [-0.15, -0.1) is 11.3 Å². The van der Waals surface area contributed by atoms with Gasteiger partial charge in [0, 0.05) is 86.3 Å². The number of benzene rings is 19. The van der Waals surface area contributed by atoms with E-state index in [1.54, 1.807) is 0 Å². The molecule has 130 heavy (non-hydrogen) atoms. The first-order valence-corrected chi connectivity index (χ1v) is 44.6. The minimum absolute atomic E-state index is 0.581. The summed E-state index contributed by atoms with van der Waals surface area (Å²) in [6, 6.07) is 160. The summed E-state index contributed by atoms with van der Waals surface area (Å²) in [6.45, 7) is 0. The van der Waals surface area contributed by atoms with Crippen molar-refractivity contribution in [1.82, 2.24) is 48.6 Å². The van der Waals surface area contributed by atoms with Crippen LogP contribution in [0.1, 0.15) is 0 Å². The normalized spacial score (nSPS) is 11.5. The maximum atomic E-state index is 5.23. The highest BCUT2D eigenvalue weighted by molar-refractivity contribution is 7.26. The molecule has 0 aliphatic carbocycles. The Morgan fingerprint density at radius 1 is 0.200 bits per heavy atom. The summed E-state index contributed by atoms with van der Waals surface area (Å²) >= 11 is 1.82. The number of para-hydroxylation sites is 2. The second-order valence-corrected chi connectivity index (χ2v) is 33.7. The minimum Gasteiger partial charge on any atom is -0.278 e. The fraction of sp³-hybridized carbons (Fsp3) is 0. The molecule has 0 aliphatic rings. The maximum Gasteiger partial charge on any atom is 0.238 e. The molecule has 0 radical (unpaired) electrons. The molecule has 0 amide bonds. The first-order valence-electron chi connectivity index (χ1n) is 43.7. The van der Waals surface area contributed by atoms with Crippen LogP contribution in [0.5, 0.6) is 0 Å². The van der Waals surface area contributed by atoms with Gasteiger partial charge in [-0.1, -0.05) is 388 Å². The molecule has 10 nitrogen and oxygen atoms in total. The standard InChI is InChI=1S/C43H28N4.C40H25N3S.C36H23N3/c1-5-15-29(16-6-1)33-25-26-36-38(27-33)47(39-28-37(30-17-7-2-8-18-30)34-23-13-14-24-35(34)40(36)39)43-45-41(31-19-9-3-10-20-31)44-42(46-43)32-21-11-4-12-22-32;1-2-10-26(11-3-1)27-12-8-13-28(24-27)29-20-21-31-30-14-4-6-18-36(30)43(37(31)25-29)40-41-23-22-35(42-40)34-17-9-16-33-32-15-5-7-19-38(32)44-39(33)34;1-3-11-24(12-4-1)27-20-21-32-30(23-27)34-28-16-8-7-13-25(28)19-22-33(34)39(32)36-37-31-18-10-9-17-29(31)35(38-36)26-14-5-2-6-15-26/h1-28H;1-25H;1-23H. The third kappa shape index (κ3) is 13.7. The Labute approximate surface area is 752 Å². The van der Waals surface area contributed by atoms with Crippen molar-refractivity contribution in [3.8, 4) is 119 Å². The Morgan fingerprint density at radius 2 is 0.646 bits per heavy atom. The van der Waals surface area contributed by atoms with Crippen LogP contribution < -0.4 is 0 Å². The van der Waals surface area contributed by atoms with Crippen LogP contribution in [0.4, 0.5) is 0 Å². The molecule has 0 N–H and O–H groups in total. The average molecular weight is 1680 g/mol. The summed E-state index contributed by atoms with van der Waals surface area (Å²) < 4.78 is 9.21. The number of aromatic nitrogens is 10. The van der Waals surface area contributed by atoms with E-state index in [0.717, 1.165) is 105 Å². The van der Waals surface area contributed by atoms with Crippen LogP contribution in [0, 0.1) is 0 Å². The molecule has 0 atom stereocenters. The molecular formula is C119H76N10S. The Balaban J connectivity index is 0.000000108. The zero-order valence-electron chi connectivity index (χ0n) is 70.3. The molecule has 0 aliphatic heterocycles. The summed E-state index contributed by atoms with van der Waals surface area (Å²) in [5, 5.41) is 15.6. The van der Waals surface area contributed by atoms with Gasteiger partial charge in [-0.05, 0) is 144 Å². The van der Waals surface area contributed by atoms with E-state index in [9.17, 15) is 0 Å². The molecule has 0 saturated heterocycles. The Hall–Kier alpha value is -17.3. The number of hydrogen-bond acceptors (Lipinski definition) is 8. The Morgan fingerprint density at radius 3 is 1.32 bits per heavy atom. The lowest BCUT2D eigenvalue weighted by molar-refractivity contribution is 0.954. The number of nitrogens with zero attached hydrogens (tertiary/aromatic N) is 10. The molecule has 7 aromatic heterocycles. The summed E-state index contributed by atoms with van der Waals surface area (Å²) in [5.41, 5.74) is 25.1. The highest BCUT2D eigenvalue weighted by atomic mass is 32.1. The molecule has 26 rings (SSSR count). The summed E-state index contributed by atoms with van der Waals surface area (Å²) in [6.07, 6.45) is 1.89. The lowest BCUT2D eigenvalue weighted by Gasteiger charge is -2.13. The fourth-order valence-corrected chi connectivity index (χ4v) is 20.1. The topological polar surface area (TPSA) is 105 Å². The number of hydrogen-bond donors (Lipinski definition) is 0. The molecule has 608 valence electrons. The second-order valence-electron chi connectivity index (χ2n) is 32.6. The van der Waals surface area contributed by atoms with E-state index in [-0.39, 0.29) is 0 Å². The van der Waals surface area contributed by atoms with Crippen molar-refractivity contribution < 1.29 is 0 Å². The van der Waals surface area contributed by atoms with Crippen LogP contribution >= 0.6 is 11.3 Å². The smallest absolute Gasteiger partial charge is 0.238 e. The Kier molecular flexibility index (Phi) is 19.2. The predicted molar refractivity (Wildman–Crippen MR) is 541 cm³/mol. The van der Waals surface area contributed by atoms with Crippen LogP contribution in [0.2, 0.25) is 0 Å². The monoisotopic (exact) mass is 1680 g/mol. The van der Waals surface area contributed by atoms with Gasteiger partial charge in [-0.2, -0.15) is 9.97 Å². The summed E-state index contributed by atoms with van der Waals surface area (Å²) in [5.74, 6) is 3.19. The fourth-order valence-electron chi connectivity index (χ4n) is 18.9. The summed E-state index contributed by atoms with van der Waals surface area (Å²) in [7, 11) is 0. The molecule has 7 heterocycles. The lowest BCUT2D eigenvalue weighted by atomic mass is 9.94. The van der Waals surface area contributed by atoms with Gasteiger partial charge >= 0.3 is 0 Å². The van der Waals surface area contributed by atoms with E-state index in [4.69, 9.17) is 34.9 Å². The van der Waals surface area contributed by atoms with E-state index in [0.29, 0.717) is 29.5 Å². The number of rotatable bonds is 12. The van der Waals surface area contributed by atoms with Gasteiger partial charge in [0.2, 0.25) is 17.8 Å². The average Bonchev–Trinajstić information content (AvgIpc) is 1.56. The van der Waals surface area contributed by atoms with E-state index < -0.39 is 0 Å². The van der Waals surface area contributed by atoms with Gasteiger partial charge in [-0.3, -0.25) is 13.7 Å². The van der Waals surface area contributed by atoms with E-state index >= 15 is 0 Å². The van der Waals surface area contributed by atoms with Crippen molar-refractivity contribution in [1.29, 1.82) is 0 Å². The highest BCUT2D eigenvalue weighted by Crippen LogP contribution is 2.46. The Bertz CT molecular complexity index is 8780. The maximum absolute atomic E-state index is 5.23. The van der Waals surface area contributed by atoms with Crippen molar-refractivity contribution in [2.75, 3.05) is 0 Å². The van der Waals surface area contributed by atoms with Gasteiger partial charge in [-0.25, -0.2) is 24.9 Å². The van der Waals surface area contributed by atoms with E-state index in [2.05, 4.69) is 390 Å². The van der Waals surface area contributed by atoms with Crippen molar-refractivity contribution in [2.24, 2.45) is 0 Å². The molecule has 26 aromatic rings. The molecule has 0 fully saturated rings. The third-order valence-electron chi connectivity index (χ3n) is 25.0. The van der Waals surface area contributed by atoms with Gasteiger partial charge in [0.05, 0.1) is 50.0 Å². The van der Waals surface area contributed by atoms with Crippen molar-refractivity contribution >= 4 is 129 Å². The van der Waals surface area contributed by atoms with Crippen LogP contribution in [-0.4, -0.2) is 48.6 Å². The predicted octanol–water partition coefficient (Wildman–Crippen LogP) is 30.9. The largest absolute Gasteiger partial charge is 0.278 e. The third-order valence-corrected chi connectivity index (χ3v) is 26.2. The van der Waals surface area contributed by atoms with Crippen molar-refractivity contribution in [2.45, 2.75) is 0 Å². The molecular weight excluding hydrogens is 1600 g/mol. The van der Waals surface area contributed by atoms with Crippen molar-refractivity contribution in [3.05, 3.63) is 461 Å². The SMILES string of the molecule is c1ccc(-c2ccc3c(c2)c2c4ccccc4ccc2n3-c2nc(-c3ccccc3)c3ccccc3n2)cc1.c1ccc(-c2ccc3c4c5ccccc5c(-c5ccccc5)cc4n(-c4nc(-c5ccccc5)nc(-c5ccccc5)n4)c3c2)cc1.c1ccc(-c2cccc(-c3ccc4c5ccccc5n(-c5nccc(-c6cccc7c6sc6ccccc67)n5)c4c3)c2)cc1. The minimum atomic E-state index is 0.581. The van der Waals surface area contributed by atoms with Gasteiger partial charge in [0.15, 0.2) is 11.6 Å². The van der Waals surface area contributed by atoms with Gasteiger partial charge in [0.25, 0.3) is 0 Å². The number of fused-ring (bicyclic) bond motifs is 17. The van der Waals surface area contributed by atoms with E-state index in [1.807, 2.05) is 96.4 Å². The number of thiophene rings is 1. The molecule has 0 unspecified atom stereocenters. The molecule has 0 spiro atoms. The van der Waals surface area contributed by atoms with Crippen LogP contribution in [-0.2, 0) is 0 Å². The molecule has 0 bridgehead atoms. The zero-order chi connectivity index (χ0) is 86.0. The van der Waals surface area contributed by atoms with Crippen molar-refractivity contribution in [3.63, 3.8) is 0 Å². The quantitative estimate of drug-likeness (QED) is 0.120. The first kappa shape index (κ1) is 76.4. The molecule has 19 aromatic carbocycles. The molecule has 11 heteroatoms. The van der Waals surface area contributed by atoms with Crippen LogP contribution in [0.25, 0.3) is 237 Å². The second kappa shape index (κ2) is 32.7. The zero-order valence-corrected chi connectivity index (χ0v) is 71.1.